The Morgan fingerprint density at radius 1 is 0.941 bits per heavy atom. The Hall–Kier alpha value is -3.43. The summed E-state index contributed by atoms with van der Waals surface area (Å²) in [6, 6.07) is 18.6. The fourth-order valence-corrected chi connectivity index (χ4v) is 4.98. The van der Waals surface area contributed by atoms with Crippen LogP contribution in [-0.2, 0) is 14.8 Å². The molecule has 1 aliphatic rings. The minimum absolute atomic E-state index is 0.00259. The van der Waals surface area contributed by atoms with E-state index < -0.39 is 21.7 Å². The molecule has 4 rings (SSSR count). The molecule has 2 atom stereocenters. The van der Waals surface area contributed by atoms with E-state index in [4.69, 9.17) is 4.74 Å². The Kier molecular flexibility index (Phi) is 6.85. The first-order valence-corrected chi connectivity index (χ1v) is 12.4. The third-order valence-electron chi connectivity index (χ3n) is 5.42. The van der Waals surface area contributed by atoms with Crippen LogP contribution < -0.4 is 14.9 Å². The lowest BCUT2D eigenvalue weighted by Gasteiger charge is -2.37. The van der Waals surface area contributed by atoms with Gasteiger partial charge in [-0.25, -0.2) is 12.8 Å². The summed E-state index contributed by atoms with van der Waals surface area (Å²) in [6.45, 7) is 5.06. The van der Waals surface area contributed by atoms with Gasteiger partial charge in [0.2, 0.25) is 0 Å². The molecule has 178 valence electrons. The van der Waals surface area contributed by atoms with Gasteiger partial charge in [0.15, 0.2) is 0 Å². The number of nitrogens with zero attached hydrogens (tertiary/aromatic N) is 1. The summed E-state index contributed by atoms with van der Waals surface area (Å²) >= 11 is 0. The van der Waals surface area contributed by atoms with Crippen LogP contribution >= 0.6 is 0 Å². The number of sulfonamides is 1. The largest absolute Gasteiger partial charge is 0.372 e. The quantitative estimate of drug-likeness (QED) is 0.539. The molecule has 1 fully saturated rings. The molecule has 1 saturated heterocycles. The van der Waals surface area contributed by atoms with Gasteiger partial charge in [-0.3, -0.25) is 9.52 Å². The van der Waals surface area contributed by atoms with Gasteiger partial charge < -0.3 is 15.0 Å². The van der Waals surface area contributed by atoms with Crippen molar-refractivity contribution in [3.63, 3.8) is 0 Å². The Balaban J connectivity index is 1.43. The Morgan fingerprint density at radius 3 is 2.21 bits per heavy atom. The number of anilines is 3. The summed E-state index contributed by atoms with van der Waals surface area (Å²) in [4.78, 5) is 14.6. The molecule has 0 saturated carbocycles. The second-order valence-corrected chi connectivity index (χ2v) is 9.96. The summed E-state index contributed by atoms with van der Waals surface area (Å²) in [5, 5.41) is 2.66. The zero-order chi connectivity index (χ0) is 24.3. The fraction of sp³-hybridized carbons (Fsp3) is 0.240. The van der Waals surface area contributed by atoms with Gasteiger partial charge >= 0.3 is 0 Å². The maximum atomic E-state index is 14.8. The molecule has 2 unspecified atom stereocenters. The zero-order valence-corrected chi connectivity index (χ0v) is 19.7. The van der Waals surface area contributed by atoms with Crippen molar-refractivity contribution < 1.29 is 22.3 Å². The van der Waals surface area contributed by atoms with Crippen LogP contribution in [-0.4, -0.2) is 39.6 Å². The van der Waals surface area contributed by atoms with Crippen LogP contribution in [0.3, 0.4) is 0 Å². The normalized spacial score (nSPS) is 18.4. The molecule has 1 heterocycles. The average molecular weight is 484 g/mol. The van der Waals surface area contributed by atoms with Crippen LogP contribution in [0.4, 0.5) is 21.5 Å². The number of rotatable bonds is 6. The summed E-state index contributed by atoms with van der Waals surface area (Å²) < 4.78 is 48.1. The number of amides is 1. The monoisotopic (exact) mass is 483 g/mol. The van der Waals surface area contributed by atoms with Crippen molar-refractivity contribution in [1.29, 1.82) is 0 Å². The van der Waals surface area contributed by atoms with Gasteiger partial charge in [-0.15, -0.1) is 0 Å². The van der Waals surface area contributed by atoms with Gasteiger partial charge in [0.25, 0.3) is 15.9 Å². The number of morpholine rings is 1. The molecule has 3 aromatic carbocycles. The molecule has 9 heteroatoms. The highest BCUT2D eigenvalue weighted by Crippen LogP contribution is 2.26. The van der Waals surface area contributed by atoms with Gasteiger partial charge in [0, 0.05) is 30.0 Å². The van der Waals surface area contributed by atoms with E-state index in [0.717, 1.165) is 0 Å². The third-order valence-corrected chi connectivity index (χ3v) is 6.82. The van der Waals surface area contributed by atoms with Gasteiger partial charge in [-0.1, -0.05) is 18.2 Å². The number of nitrogens with one attached hydrogen (secondary N) is 2. The molecule has 0 spiro atoms. The van der Waals surface area contributed by atoms with Crippen molar-refractivity contribution in [3.05, 3.63) is 84.2 Å². The van der Waals surface area contributed by atoms with E-state index in [9.17, 15) is 17.6 Å². The van der Waals surface area contributed by atoms with Crippen molar-refractivity contribution in [2.24, 2.45) is 0 Å². The second kappa shape index (κ2) is 9.82. The molecular formula is C25H26FN3O4S. The number of hydrogen-bond donors (Lipinski definition) is 2. The summed E-state index contributed by atoms with van der Waals surface area (Å²) in [5.74, 6) is -0.909. The number of hydrogen-bond acceptors (Lipinski definition) is 5. The summed E-state index contributed by atoms with van der Waals surface area (Å²) in [6.07, 6.45) is -0.00517. The average Bonchev–Trinajstić information content (AvgIpc) is 2.79. The highest BCUT2D eigenvalue weighted by Gasteiger charge is 2.24. The number of benzene rings is 3. The maximum absolute atomic E-state index is 14.8. The lowest BCUT2D eigenvalue weighted by molar-refractivity contribution is -0.00539. The highest BCUT2D eigenvalue weighted by molar-refractivity contribution is 7.92. The van der Waals surface area contributed by atoms with Crippen LogP contribution in [0.5, 0.6) is 0 Å². The third kappa shape index (κ3) is 5.55. The Bertz CT molecular complexity index is 1260. The molecular weight excluding hydrogens is 457 g/mol. The number of para-hydroxylation sites is 1. The van der Waals surface area contributed by atoms with Crippen molar-refractivity contribution in [1.82, 2.24) is 0 Å². The lowest BCUT2D eigenvalue weighted by atomic mass is 10.1. The van der Waals surface area contributed by atoms with Crippen molar-refractivity contribution >= 4 is 33.0 Å². The predicted octanol–water partition coefficient (Wildman–Crippen LogP) is 4.49. The molecule has 34 heavy (non-hydrogen) atoms. The van der Waals surface area contributed by atoms with E-state index >= 15 is 0 Å². The van der Waals surface area contributed by atoms with Gasteiger partial charge in [-0.05, 0) is 68.4 Å². The van der Waals surface area contributed by atoms with Crippen molar-refractivity contribution in [3.8, 4) is 0 Å². The zero-order valence-electron chi connectivity index (χ0n) is 18.9. The fourth-order valence-electron chi connectivity index (χ4n) is 3.92. The van der Waals surface area contributed by atoms with Gasteiger partial charge in [0.05, 0.1) is 22.8 Å². The first-order valence-electron chi connectivity index (χ1n) is 10.9. The molecule has 7 nitrogen and oxygen atoms in total. The number of carbonyl (C=O) groups excluding carboxylic acids is 1. The predicted molar refractivity (Wildman–Crippen MR) is 130 cm³/mol. The lowest BCUT2D eigenvalue weighted by Crippen LogP contribution is -2.45. The maximum Gasteiger partial charge on any atom is 0.261 e. The van der Waals surface area contributed by atoms with E-state index in [2.05, 4.69) is 10.0 Å². The minimum atomic E-state index is -3.79. The van der Waals surface area contributed by atoms with Crippen LogP contribution in [0.2, 0.25) is 0 Å². The van der Waals surface area contributed by atoms with Crippen LogP contribution in [0, 0.1) is 5.82 Å². The molecule has 1 amide bonds. The SMILES string of the molecule is CC1CN(c2ccc(NC(=O)c3ccc(S(=O)(=O)Nc4ccccc4)cc3)cc2F)CC(C)O1. The van der Waals surface area contributed by atoms with E-state index in [-0.39, 0.29) is 22.7 Å². The smallest absolute Gasteiger partial charge is 0.261 e. The van der Waals surface area contributed by atoms with E-state index in [1.165, 1.54) is 30.3 Å². The molecule has 0 aromatic heterocycles. The van der Waals surface area contributed by atoms with Gasteiger partial charge in [-0.2, -0.15) is 0 Å². The van der Waals surface area contributed by atoms with Crippen LogP contribution in [0.15, 0.2) is 77.7 Å². The summed E-state index contributed by atoms with van der Waals surface area (Å²) in [5.41, 5.74) is 1.46. The highest BCUT2D eigenvalue weighted by atomic mass is 32.2. The topological polar surface area (TPSA) is 87.7 Å². The second-order valence-electron chi connectivity index (χ2n) is 8.28. The number of halogens is 1. The van der Waals surface area contributed by atoms with Crippen molar-refractivity contribution in [2.45, 2.75) is 31.0 Å². The molecule has 2 N–H and O–H groups in total. The Labute approximate surface area is 198 Å². The first-order chi connectivity index (χ1) is 16.2. The minimum Gasteiger partial charge on any atom is -0.372 e. The first kappa shape index (κ1) is 23.7. The van der Waals surface area contributed by atoms with Crippen LogP contribution in [0.25, 0.3) is 0 Å². The van der Waals surface area contributed by atoms with E-state index in [1.807, 2.05) is 18.7 Å². The van der Waals surface area contributed by atoms with Gasteiger partial charge in [0.1, 0.15) is 5.82 Å². The number of ether oxygens (including phenoxy) is 1. The molecule has 0 radical (unpaired) electrons. The molecule has 0 aliphatic carbocycles. The molecule has 1 aliphatic heterocycles. The Morgan fingerprint density at radius 2 is 1.59 bits per heavy atom. The summed E-state index contributed by atoms with van der Waals surface area (Å²) in [7, 11) is -3.79. The standard InChI is InChI=1S/C25H26FN3O4S/c1-17-15-29(16-18(2)33-17)24-13-10-21(14-23(24)26)27-25(30)19-8-11-22(12-9-19)34(31,32)28-20-6-4-3-5-7-20/h3-14,17-18,28H,15-16H2,1-2H3,(H,27,30). The molecule has 0 bridgehead atoms. The number of carbonyl (C=O) groups is 1. The molecule has 3 aromatic rings. The van der Waals surface area contributed by atoms with E-state index in [0.29, 0.717) is 30.2 Å². The van der Waals surface area contributed by atoms with E-state index in [1.54, 1.807) is 42.5 Å². The van der Waals surface area contributed by atoms with Crippen molar-refractivity contribution in [2.75, 3.05) is 28.0 Å². The van der Waals surface area contributed by atoms with Crippen LogP contribution in [0.1, 0.15) is 24.2 Å².